The molecule has 1 aromatic carbocycles. The van der Waals surface area contributed by atoms with Gasteiger partial charge in [-0.05, 0) is 30.5 Å². The zero-order valence-corrected chi connectivity index (χ0v) is 12.7. The van der Waals surface area contributed by atoms with Gasteiger partial charge in [-0.15, -0.1) is 11.3 Å². The van der Waals surface area contributed by atoms with Crippen molar-refractivity contribution in [1.29, 1.82) is 0 Å². The Balaban J connectivity index is 1.77. The molecule has 7 heteroatoms. The summed E-state index contributed by atoms with van der Waals surface area (Å²) in [5, 5.41) is 19.1. The molecular formula is C15H15N3O3S. The molecule has 0 fully saturated rings. The van der Waals surface area contributed by atoms with Crippen LogP contribution in [0.2, 0.25) is 0 Å². The minimum Gasteiger partial charge on any atom is -0.507 e. The number of thiophene rings is 1. The first-order valence-corrected chi connectivity index (χ1v) is 7.35. The van der Waals surface area contributed by atoms with E-state index in [0.717, 1.165) is 4.88 Å². The summed E-state index contributed by atoms with van der Waals surface area (Å²) < 4.78 is 0. The molecule has 2 aromatic rings. The van der Waals surface area contributed by atoms with E-state index in [1.54, 1.807) is 36.5 Å². The molecule has 0 spiro atoms. The highest BCUT2D eigenvalue weighted by molar-refractivity contribution is 7.12. The van der Waals surface area contributed by atoms with Gasteiger partial charge in [-0.1, -0.05) is 23.4 Å². The zero-order valence-electron chi connectivity index (χ0n) is 11.9. The standard InChI is InChI=1S/C15H15N3O3S/c1-11(14-7-4-8-22-14)18-21-10-15(20)17-16-9-12-5-2-3-6-13(12)19/h2-9,19H,10H2,1H3,(H,17,20)/b16-9-,18-11+. The molecule has 0 unspecified atom stereocenters. The Labute approximate surface area is 131 Å². The summed E-state index contributed by atoms with van der Waals surface area (Å²) in [5.74, 6) is -0.345. The highest BCUT2D eigenvalue weighted by Gasteiger charge is 2.02. The fourth-order valence-corrected chi connectivity index (χ4v) is 2.19. The van der Waals surface area contributed by atoms with Gasteiger partial charge in [0.2, 0.25) is 0 Å². The molecule has 1 amide bonds. The van der Waals surface area contributed by atoms with Gasteiger partial charge in [-0.2, -0.15) is 5.10 Å². The van der Waals surface area contributed by atoms with E-state index in [4.69, 9.17) is 4.84 Å². The summed E-state index contributed by atoms with van der Waals surface area (Å²) in [6.07, 6.45) is 1.35. The summed E-state index contributed by atoms with van der Waals surface area (Å²) in [7, 11) is 0. The number of hydrogen-bond donors (Lipinski definition) is 2. The molecule has 0 aliphatic heterocycles. The maximum absolute atomic E-state index is 11.5. The van der Waals surface area contributed by atoms with Crippen molar-refractivity contribution in [2.45, 2.75) is 6.92 Å². The predicted octanol–water partition coefficient (Wildman–Crippen LogP) is 2.34. The second kappa shape index (κ2) is 7.94. The number of carbonyl (C=O) groups excluding carboxylic acids is 1. The number of para-hydroxylation sites is 1. The Hall–Kier alpha value is -2.67. The number of rotatable bonds is 6. The second-order valence-electron chi connectivity index (χ2n) is 4.28. The van der Waals surface area contributed by atoms with Crippen molar-refractivity contribution in [1.82, 2.24) is 5.43 Å². The smallest absolute Gasteiger partial charge is 0.280 e. The predicted molar refractivity (Wildman–Crippen MR) is 86.3 cm³/mol. The molecule has 2 rings (SSSR count). The minimum atomic E-state index is -0.436. The molecule has 0 atom stereocenters. The van der Waals surface area contributed by atoms with Crippen LogP contribution in [-0.2, 0) is 9.63 Å². The van der Waals surface area contributed by atoms with Crippen LogP contribution in [0, 0.1) is 0 Å². The highest BCUT2D eigenvalue weighted by Crippen LogP contribution is 2.12. The van der Waals surface area contributed by atoms with Crippen molar-refractivity contribution >= 4 is 29.2 Å². The Morgan fingerprint density at radius 1 is 1.36 bits per heavy atom. The van der Waals surface area contributed by atoms with Crippen molar-refractivity contribution in [2.24, 2.45) is 10.3 Å². The largest absolute Gasteiger partial charge is 0.507 e. The number of amides is 1. The van der Waals surface area contributed by atoms with Gasteiger partial charge in [0.1, 0.15) is 5.75 Å². The van der Waals surface area contributed by atoms with Gasteiger partial charge in [-0.25, -0.2) is 5.43 Å². The van der Waals surface area contributed by atoms with Crippen LogP contribution in [0.3, 0.4) is 0 Å². The molecule has 1 heterocycles. The lowest BCUT2D eigenvalue weighted by molar-refractivity contribution is -0.125. The first-order chi connectivity index (χ1) is 10.7. The Bertz CT molecular complexity index is 681. The Kier molecular flexibility index (Phi) is 5.67. The number of carbonyl (C=O) groups is 1. The van der Waals surface area contributed by atoms with E-state index in [1.807, 2.05) is 17.5 Å². The zero-order chi connectivity index (χ0) is 15.8. The van der Waals surface area contributed by atoms with E-state index in [-0.39, 0.29) is 12.4 Å². The third-order valence-electron chi connectivity index (χ3n) is 2.60. The summed E-state index contributed by atoms with van der Waals surface area (Å²) >= 11 is 1.54. The fourth-order valence-electron chi connectivity index (χ4n) is 1.52. The molecule has 6 nitrogen and oxygen atoms in total. The van der Waals surface area contributed by atoms with Gasteiger partial charge < -0.3 is 9.94 Å². The van der Waals surface area contributed by atoms with Gasteiger partial charge in [-0.3, -0.25) is 4.79 Å². The van der Waals surface area contributed by atoms with Crippen LogP contribution in [0.4, 0.5) is 0 Å². The number of oxime groups is 1. The normalized spacial score (nSPS) is 11.6. The summed E-state index contributed by atoms with van der Waals surface area (Å²) in [5.41, 5.74) is 3.51. The van der Waals surface area contributed by atoms with Crippen molar-refractivity contribution < 1.29 is 14.7 Å². The monoisotopic (exact) mass is 317 g/mol. The molecule has 0 aliphatic carbocycles. The molecule has 1 aromatic heterocycles. The number of benzene rings is 1. The van der Waals surface area contributed by atoms with Crippen LogP contribution in [0.5, 0.6) is 5.75 Å². The van der Waals surface area contributed by atoms with E-state index < -0.39 is 5.91 Å². The topological polar surface area (TPSA) is 83.3 Å². The molecule has 0 saturated carbocycles. The van der Waals surface area contributed by atoms with Gasteiger partial charge in [0.05, 0.1) is 16.8 Å². The average molecular weight is 317 g/mol. The number of hydrogen-bond acceptors (Lipinski definition) is 6. The molecule has 22 heavy (non-hydrogen) atoms. The summed E-state index contributed by atoms with van der Waals surface area (Å²) in [6, 6.07) is 10.5. The van der Waals surface area contributed by atoms with Crippen LogP contribution in [0.15, 0.2) is 52.0 Å². The van der Waals surface area contributed by atoms with Crippen molar-refractivity contribution in [3.8, 4) is 5.75 Å². The SMILES string of the molecule is C/C(=N\OCC(=O)N/N=C\c1ccccc1O)c1cccs1. The Morgan fingerprint density at radius 3 is 2.91 bits per heavy atom. The third kappa shape index (κ3) is 4.71. The van der Waals surface area contributed by atoms with Crippen LogP contribution < -0.4 is 5.43 Å². The Morgan fingerprint density at radius 2 is 2.18 bits per heavy atom. The van der Waals surface area contributed by atoms with Crippen LogP contribution >= 0.6 is 11.3 Å². The third-order valence-corrected chi connectivity index (χ3v) is 3.58. The number of hydrazone groups is 1. The second-order valence-corrected chi connectivity index (χ2v) is 5.23. The van der Waals surface area contributed by atoms with E-state index in [1.165, 1.54) is 12.3 Å². The molecule has 0 bridgehead atoms. The van der Waals surface area contributed by atoms with E-state index in [2.05, 4.69) is 15.7 Å². The van der Waals surface area contributed by atoms with E-state index in [0.29, 0.717) is 11.3 Å². The molecule has 0 saturated heterocycles. The average Bonchev–Trinajstić information content (AvgIpc) is 3.03. The van der Waals surface area contributed by atoms with Crippen molar-refractivity contribution in [2.75, 3.05) is 6.61 Å². The van der Waals surface area contributed by atoms with Crippen LogP contribution in [-0.4, -0.2) is 29.5 Å². The molecule has 0 aliphatic rings. The lowest BCUT2D eigenvalue weighted by Gasteiger charge is -2.00. The summed E-state index contributed by atoms with van der Waals surface area (Å²) in [6.45, 7) is 1.57. The van der Waals surface area contributed by atoms with Crippen molar-refractivity contribution in [3.63, 3.8) is 0 Å². The first kappa shape index (κ1) is 15.7. The van der Waals surface area contributed by atoms with E-state index >= 15 is 0 Å². The number of aromatic hydroxyl groups is 1. The van der Waals surface area contributed by atoms with Gasteiger partial charge in [0.25, 0.3) is 5.91 Å². The number of nitrogens with zero attached hydrogens (tertiary/aromatic N) is 2. The number of nitrogens with one attached hydrogen (secondary N) is 1. The molecule has 114 valence electrons. The number of phenolic OH excluding ortho intramolecular Hbond substituents is 1. The van der Waals surface area contributed by atoms with Crippen molar-refractivity contribution in [3.05, 3.63) is 52.2 Å². The first-order valence-electron chi connectivity index (χ1n) is 6.47. The molecular weight excluding hydrogens is 302 g/mol. The lowest BCUT2D eigenvalue weighted by Crippen LogP contribution is -2.22. The van der Waals surface area contributed by atoms with E-state index in [9.17, 15) is 9.90 Å². The minimum absolute atomic E-state index is 0.0907. The van der Waals surface area contributed by atoms with Gasteiger partial charge >= 0.3 is 0 Å². The summed E-state index contributed by atoms with van der Waals surface area (Å²) in [4.78, 5) is 17.5. The maximum Gasteiger partial charge on any atom is 0.280 e. The maximum atomic E-state index is 11.5. The van der Waals surface area contributed by atoms with Gasteiger partial charge in [0.15, 0.2) is 6.61 Å². The molecule has 0 radical (unpaired) electrons. The number of phenols is 1. The van der Waals surface area contributed by atoms with Gasteiger partial charge in [0, 0.05) is 5.56 Å². The quantitative estimate of drug-likeness (QED) is 0.633. The molecule has 2 N–H and O–H groups in total. The highest BCUT2D eigenvalue weighted by atomic mass is 32.1. The lowest BCUT2D eigenvalue weighted by atomic mass is 10.2. The van der Waals surface area contributed by atoms with Crippen LogP contribution in [0.1, 0.15) is 17.4 Å². The fraction of sp³-hybridized carbons (Fsp3) is 0.133. The van der Waals surface area contributed by atoms with Crippen LogP contribution in [0.25, 0.3) is 0 Å².